The normalized spacial score (nSPS) is 10.5. The van der Waals surface area contributed by atoms with Gasteiger partial charge in [-0.1, -0.05) is 11.8 Å². The number of hydrogen-bond acceptors (Lipinski definition) is 6. The molecule has 2 aromatic heterocycles. The van der Waals surface area contributed by atoms with E-state index in [9.17, 15) is 4.79 Å². The lowest BCUT2D eigenvalue weighted by Gasteiger charge is -1.94. The Morgan fingerprint density at radius 3 is 2.88 bits per heavy atom. The molecule has 2 aromatic rings. The number of rotatable bonds is 4. The topological polar surface area (TPSA) is 54.9 Å². The fourth-order valence-corrected chi connectivity index (χ4v) is 3.72. The molecule has 0 radical (unpaired) electrons. The van der Waals surface area contributed by atoms with Crippen LogP contribution in [0.15, 0.2) is 15.1 Å². The van der Waals surface area contributed by atoms with Crippen molar-refractivity contribution in [2.24, 2.45) is 0 Å². The maximum atomic E-state index is 10.8. The van der Waals surface area contributed by atoms with Crippen LogP contribution in [-0.2, 0) is 10.5 Å². The summed E-state index contributed by atoms with van der Waals surface area (Å²) in [6.07, 6.45) is 0. The van der Waals surface area contributed by atoms with Crippen LogP contribution in [0.1, 0.15) is 18.3 Å². The number of thiazole rings is 2. The highest BCUT2D eigenvalue weighted by atomic mass is 32.2. The lowest BCUT2D eigenvalue weighted by atomic mass is 10.6. The van der Waals surface area contributed by atoms with Gasteiger partial charge in [0, 0.05) is 29.1 Å². The smallest absolute Gasteiger partial charge is 0.223 e. The van der Waals surface area contributed by atoms with Crippen molar-refractivity contribution in [3.05, 3.63) is 22.1 Å². The van der Waals surface area contributed by atoms with Crippen molar-refractivity contribution in [3.8, 4) is 0 Å². The Morgan fingerprint density at radius 2 is 2.24 bits per heavy atom. The highest BCUT2D eigenvalue weighted by Crippen LogP contribution is 2.27. The first kappa shape index (κ1) is 12.5. The van der Waals surface area contributed by atoms with E-state index >= 15 is 0 Å². The van der Waals surface area contributed by atoms with Gasteiger partial charge < -0.3 is 5.32 Å². The minimum absolute atomic E-state index is 0.0888. The van der Waals surface area contributed by atoms with E-state index in [0.717, 1.165) is 21.5 Å². The van der Waals surface area contributed by atoms with Gasteiger partial charge in [0.15, 0.2) is 5.13 Å². The minimum atomic E-state index is -0.0888. The van der Waals surface area contributed by atoms with E-state index in [0.29, 0.717) is 5.13 Å². The molecule has 90 valence electrons. The van der Waals surface area contributed by atoms with Crippen LogP contribution in [0.3, 0.4) is 0 Å². The third-order valence-electron chi connectivity index (χ3n) is 1.78. The Kier molecular flexibility index (Phi) is 4.14. The van der Waals surface area contributed by atoms with Crippen LogP contribution in [0, 0.1) is 6.92 Å². The van der Waals surface area contributed by atoms with Gasteiger partial charge in [-0.25, -0.2) is 9.97 Å². The zero-order chi connectivity index (χ0) is 12.3. The molecule has 1 N–H and O–H groups in total. The zero-order valence-corrected chi connectivity index (χ0v) is 11.8. The van der Waals surface area contributed by atoms with Gasteiger partial charge in [-0.2, -0.15) is 0 Å². The largest absolute Gasteiger partial charge is 0.302 e. The van der Waals surface area contributed by atoms with Gasteiger partial charge in [0.2, 0.25) is 5.91 Å². The van der Waals surface area contributed by atoms with Crippen LogP contribution in [0.4, 0.5) is 5.13 Å². The molecule has 7 heteroatoms. The molecular weight excluding hydrogens is 274 g/mol. The molecule has 17 heavy (non-hydrogen) atoms. The molecule has 0 saturated carbocycles. The van der Waals surface area contributed by atoms with Crippen LogP contribution in [0.25, 0.3) is 0 Å². The second-order valence-corrected chi connectivity index (χ2v) is 6.31. The van der Waals surface area contributed by atoms with Gasteiger partial charge in [-0.15, -0.1) is 22.7 Å². The Labute approximate surface area is 112 Å². The monoisotopic (exact) mass is 285 g/mol. The number of anilines is 1. The summed E-state index contributed by atoms with van der Waals surface area (Å²) in [5.74, 6) is 0.692. The number of aromatic nitrogens is 2. The zero-order valence-electron chi connectivity index (χ0n) is 9.39. The quantitative estimate of drug-likeness (QED) is 0.877. The van der Waals surface area contributed by atoms with Crippen LogP contribution >= 0.6 is 34.4 Å². The average molecular weight is 285 g/mol. The number of thioether (sulfide) groups is 1. The number of carbonyl (C=O) groups excluding carboxylic acids is 1. The molecule has 0 aliphatic heterocycles. The molecule has 1 amide bonds. The van der Waals surface area contributed by atoms with E-state index in [2.05, 4.69) is 15.3 Å². The third-order valence-corrected chi connectivity index (χ3v) is 4.76. The van der Waals surface area contributed by atoms with Crippen molar-refractivity contribution < 1.29 is 4.79 Å². The standard InChI is InChI=1S/C10H11N3OS3/c1-6-3-16-10(11-6)17-5-8-4-15-9(13-8)12-7(2)14/h3-4H,5H2,1-2H3,(H,12,13,14). The molecule has 0 aliphatic rings. The number of hydrogen-bond donors (Lipinski definition) is 1. The number of amides is 1. The molecule has 0 aliphatic carbocycles. The third kappa shape index (κ3) is 3.79. The van der Waals surface area contributed by atoms with Gasteiger partial charge in [-0.3, -0.25) is 4.79 Å². The van der Waals surface area contributed by atoms with Crippen molar-refractivity contribution in [3.63, 3.8) is 0 Å². The Hall–Kier alpha value is -0.920. The maximum absolute atomic E-state index is 10.8. The summed E-state index contributed by atoms with van der Waals surface area (Å²) in [7, 11) is 0. The van der Waals surface area contributed by atoms with E-state index in [4.69, 9.17) is 0 Å². The number of carbonyl (C=O) groups is 1. The average Bonchev–Trinajstić information content (AvgIpc) is 2.84. The predicted molar refractivity (Wildman–Crippen MR) is 72.8 cm³/mol. The Bertz CT molecular complexity index is 520. The molecule has 0 bridgehead atoms. The van der Waals surface area contributed by atoms with Gasteiger partial charge in [0.25, 0.3) is 0 Å². The van der Waals surface area contributed by atoms with Gasteiger partial charge in [0.1, 0.15) is 4.34 Å². The summed E-state index contributed by atoms with van der Waals surface area (Å²) in [6.45, 7) is 3.46. The fraction of sp³-hybridized carbons (Fsp3) is 0.300. The van der Waals surface area contributed by atoms with E-state index in [1.807, 2.05) is 17.7 Å². The number of nitrogens with one attached hydrogen (secondary N) is 1. The highest BCUT2D eigenvalue weighted by molar-refractivity contribution is 8.00. The maximum Gasteiger partial charge on any atom is 0.223 e. The molecule has 2 heterocycles. The minimum Gasteiger partial charge on any atom is -0.302 e. The summed E-state index contributed by atoms with van der Waals surface area (Å²) >= 11 is 4.75. The van der Waals surface area contributed by atoms with Crippen molar-refractivity contribution >= 4 is 45.5 Å². The van der Waals surface area contributed by atoms with Crippen molar-refractivity contribution in [2.45, 2.75) is 23.9 Å². The second-order valence-electron chi connectivity index (χ2n) is 3.37. The van der Waals surface area contributed by atoms with Crippen LogP contribution in [0.2, 0.25) is 0 Å². The molecule has 4 nitrogen and oxygen atoms in total. The summed E-state index contributed by atoms with van der Waals surface area (Å²) < 4.78 is 1.05. The molecular formula is C10H11N3OS3. The fourth-order valence-electron chi connectivity index (χ4n) is 1.12. The Balaban J connectivity index is 1.91. The highest BCUT2D eigenvalue weighted by Gasteiger charge is 2.05. The van der Waals surface area contributed by atoms with E-state index in [1.165, 1.54) is 18.3 Å². The SMILES string of the molecule is CC(=O)Nc1nc(CSc2nc(C)cs2)cs1. The van der Waals surface area contributed by atoms with Crippen molar-refractivity contribution in [2.75, 3.05) is 5.32 Å². The van der Waals surface area contributed by atoms with Crippen LogP contribution in [0.5, 0.6) is 0 Å². The first-order chi connectivity index (χ1) is 8.13. The van der Waals surface area contributed by atoms with E-state index < -0.39 is 0 Å². The molecule has 0 fully saturated rings. The Morgan fingerprint density at radius 1 is 1.41 bits per heavy atom. The molecule has 0 spiro atoms. The van der Waals surface area contributed by atoms with Gasteiger partial charge >= 0.3 is 0 Å². The summed E-state index contributed by atoms with van der Waals surface area (Å²) in [5, 5.41) is 7.32. The summed E-state index contributed by atoms with van der Waals surface area (Å²) in [6, 6.07) is 0. The first-order valence-electron chi connectivity index (χ1n) is 4.90. The lowest BCUT2D eigenvalue weighted by Crippen LogP contribution is -2.05. The number of aryl methyl sites for hydroxylation is 1. The van der Waals surface area contributed by atoms with Gasteiger partial charge in [-0.05, 0) is 6.92 Å². The number of nitrogens with zero attached hydrogens (tertiary/aromatic N) is 2. The molecule has 0 saturated heterocycles. The molecule has 0 aromatic carbocycles. The molecule has 2 rings (SSSR count). The van der Waals surface area contributed by atoms with Crippen LogP contribution < -0.4 is 5.32 Å². The van der Waals surface area contributed by atoms with Gasteiger partial charge in [0.05, 0.1) is 5.69 Å². The predicted octanol–water partition coefficient (Wildman–Crippen LogP) is 3.16. The van der Waals surface area contributed by atoms with E-state index in [-0.39, 0.29) is 5.91 Å². The van der Waals surface area contributed by atoms with E-state index in [1.54, 1.807) is 23.1 Å². The molecule has 0 atom stereocenters. The molecule has 0 unspecified atom stereocenters. The van der Waals surface area contributed by atoms with Crippen molar-refractivity contribution in [1.29, 1.82) is 0 Å². The van der Waals surface area contributed by atoms with Crippen molar-refractivity contribution in [1.82, 2.24) is 9.97 Å². The lowest BCUT2D eigenvalue weighted by molar-refractivity contribution is -0.114. The summed E-state index contributed by atoms with van der Waals surface area (Å²) in [4.78, 5) is 19.5. The van der Waals surface area contributed by atoms with Crippen LogP contribution in [-0.4, -0.2) is 15.9 Å². The summed E-state index contributed by atoms with van der Waals surface area (Å²) in [5.41, 5.74) is 2.02. The second kappa shape index (κ2) is 5.61. The first-order valence-corrected chi connectivity index (χ1v) is 7.65.